The highest BCUT2D eigenvalue weighted by atomic mass is 16.4. The maximum absolute atomic E-state index is 10.9. The van der Waals surface area contributed by atoms with Gasteiger partial charge in [0.15, 0.2) is 0 Å². The minimum atomic E-state index is -0.885. The Balaban J connectivity index is 2.10. The SMILES string of the molecule is Nc1ccccc1N[C@@H]1CCCN1C(=O)O. The summed E-state index contributed by atoms with van der Waals surface area (Å²) in [6, 6.07) is 7.37. The fourth-order valence-electron chi connectivity index (χ4n) is 1.95. The number of anilines is 2. The van der Waals surface area contributed by atoms with Crippen molar-refractivity contribution in [1.82, 2.24) is 4.90 Å². The number of carbonyl (C=O) groups is 1. The van der Waals surface area contributed by atoms with Crippen LogP contribution in [-0.4, -0.2) is 28.8 Å². The molecule has 1 amide bonds. The Bertz CT molecular complexity index is 395. The molecule has 0 saturated carbocycles. The number of rotatable bonds is 2. The third kappa shape index (κ3) is 2.03. The fourth-order valence-corrected chi connectivity index (χ4v) is 1.95. The zero-order valence-corrected chi connectivity index (χ0v) is 8.89. The Morgan fingerprint density at radius 3 is 2.94 bits per heavy atom. The molecule has 0 bridgehead atoms. The first kappa shape index (κ1) is 10.6. The number of nitrogens with one attached hydrogen (secondary N) is 1. The molecule has 1 aliphatic heterocycles. The summed E-state index contributed by atoms with van der Waals surface area (Å²) < 4.78 is 0. The zero-order chi connectivity index (χ0) is 11.5. The van der Waals surface area contributed by atoms with Crippen LogP contribution in [0, 0.1) is 0 Å². The second kappa shape index (κ2) is 4.30. The molecule has 2 rings (SSSR count). The zero-order valence-electron chi connectivity index (χ0n) is 8.89. The number of nitrogen functional groups attached to an aromatic ring is 1. The molecular weight excluding hydrogens is 206 g/mol. The number of likely N-dealkylation sites (tertiary alicyclic amines) is 1. The molecule has 1 aliphatic rings. The fraction of sp³-hybridized carbons (Fsp3) is 0.364. The summed E-state index contributed by atoms with van der Waals surface area (Å²) >= 11 is 0. The third-order valence-electron chi connectivity index (χ3n) is 2.78. The van der Waals surface area contributed by atoms with Crippen molar-refractivity contribution < 1.29 is 9.90 Å². The minimum Gasteiger partial charge on any atom is -0.465 e. The van der Waals surface area contributed by atoms with E-state index in [2.05, 4.69) is 5.32 Å². The second-order valence-corrected chi connectivity index (χ2v) is 3.87. The van der Waals surface area contributed by atoms with E-state index in [1.165, 1.54) is 4.90 Å². The van der Waals surface area contributed by atoms with Crippen LogP contribution in [0.3, 0.4) is 0 Å². The molecule has 4 N–H and O–H groups in total. The molecule has 5 heteroatoms. The Kier molecular flexibility index (Phi) is 2.85. The van der Waals surface area contributed by atoms with E-state index in [9.17, 15) is 4.79 Å². The van der Waals surface area contributed by atoms with E-state index in [1.807, 2.05) is 18.2 Å². The van der Waals surface area contributed by atoms with E-state index < -0.39 is 6.09 Å². The number of carboxylic acid groups (broad SMARTS) is 1. The van der Waals surface area contributed by atoms with E-state index in [0.29, 0.717) is 12.2 Å². The molecule has 0 spiro atoms. The van der Waals surface area contributed by atoms with Gasteiger partial charge in [0.05, 0.1) is 11.4 Å². The molecule has 0 unspecified atom stereocenters. The monoisotopic (exact) mass is 221 g/mol. The lowest BCUT2D eigenvalue weighted by Gasteiger charge is -2.24. The van der Waals surface area contributed by atoms with Gasteiger partial charge in [-0.3, -0.25) is 4.90 Å². The van der Waals surface area contributed by atoms with Gasteiger partial charge in [-0.05, 0) is 25.0 Å². The van der Waals surface area contributed by atoms with Crippen molar-refractivity contribution in [3.63, 3.8) is 0 Å². The summed E-state index contributed by atoms with van der Waals surface area (Å²) in [4.78, 5) is 12.4. The van der Waals surface area contributed by atoms with E-state index in [-0.39, 0.29) is 6.17 Å². The van der Waals surface area contributed by atoms with Gasteiger partial charge < -0.3 is 16.2 Å². The Hall–Kier alpha value is -1.91. The number of amides is 1. The summed E-state index contributed by atoms with van der Waals surface area (Å²) in [7, 11) is 0. The molecule has 1 aromatic carbocycles. The van der Waals surface area contributed by atoms with Crippen molar-refractivity contribution in [1.29, 1.82) is 0 Å². The Morgan fingerprint density at radius 2 is 2.25 bits per heavy atom. The lowest BCUT2D eigenvalue weighted by molar-refractivity contribution is 0.144. The molecule has 1 aromatic rings. The van der Waals surface area contributed by atoms with Gasteiger partial charge in [0.1, 0.15) is 6.17 Å². The molecule has 1 fully saturated rings. The van der Waals surface area contributed by atoms with Crippen LogP contribution in [0.4, 0.5) is 16.2 Å². The summed E-state index contributed by atoms with van der Waals surface area (Å²) in [5, 5.41) is 12.1. The van der Waals surface area contributed by atoms with Crippen LogP contribution in [0.1, 0.15) is 12.8 Å². The number of hydrogen-bond donors (Lipinski definition) is 3. The average Bonchev–Trinajstić information content (AvgIpc) is 2.69. The minimum absolute atomic E-state index is 0.165. The van der Waals surface area contributed by atoms with Gasteiger partial charge in [-0.1, -0.05) is 12.1 Å². The van der Waals surface area contributed by atoms with E-state index in [1.54, 1.807) is 6.07 Å². The summed E-state index contributed by atoms with van der Waals surface area (Å²) in [6.45, 7) is 0.583. The van der Waals surface area contributed by atoms with Crippen molar-refractivity contribution in [2.75, 3.05) is 17.6 Å². The molecule has 0 aromatic heterocycles. The molecule has 1 saturated heterocycles. The molecule has 16 heavy (non-hydrogen) atoms. The van der Waals surface area contributed by atoms with Crippen LogP contribution in [0.2, 0.25) is 0 Å². The number of nitrogens with two attached hydrogens (primary N) is 1. The highest BCUT2D eigenvalue weighted by molar-refractivity contribution is 5.69. The predicted octanol–water partition coefficient (Wildman–Crippen LogP) is 1.78. The lowest BCUT2D eigenvalue weighted by atomic mass is 10.2. The smallest absolute Gasteiger partial charge is 0.408 e. The van der Waals surface area contributed by atoms with Crippen LogP contribution >= 0.6 is 0 Å². The highest BCUT2D eigenvalue weighted by Crippen LogP contribution is 2.23. The molecule has 0 radical (unpaired) electrons. The Morgan fingerprint density at radius 1 is 1.50 bits per heavy atom. The highest BCUT2D eigenvalue weighted by Gasteiger charge is 2.28. The van der Waals surface area contributed by atoms with Gasteiger partial charge in [0.25, 0.3) is 0 Å². The van der Waals surface area contributed by atoms with Crippen molar-refractivity contribution in [2.24, 2.45) is 0 Å². The second-order valence-electron chi connectivity index (χ2n) is 3.87. The van der Waals surface area contributed by atoms with Gasteiger partial charge in [0.2, 0.25) is 0 Å². The molecule has 5 nitrogen and oxygen atoms in total. The number of hydrogen-bond acceptors (Lipinski definition) is 3. The first-order valence-corrected chi connectivity index (χ1v) is 5.29. The lowest BCUT2D eigenvalue weighted by Crippen LogP contribution is -2.39. The van der Waals surface area contributed by atoms with Gasteiger partial charge in [-0.2, -0.15) is 0 Å². The number of nitrogens with zero attached hydrogens (tertiary/aromatic N) is 1. The van der Waals surface area contributed by atoms with Crippen LogP contribution in [-0.2, 0) is 0 Å². The molecule has 86 valence electrons. The topological polar surface area (TPSA) is 78.6 Å². The molecular formula is C11H15N3O2. The summed E-state index contributed by atoms with van der Waals surface area (Å²) in [5.41, 5.74) is 7.22. The molecule has 0 aliphatic carbocycles. The van der Waals surface area contributed by atoms with E-state index in [0.717, 1.165) is 18.5 Å². The average molecular weight is 221 g/mol. The first-order valence-electron chi connectivity index (χ1n) is 5.29. The van der Waals surface area contributed by atoms with Crippen LogP contribution in [0.5, 0.6) is 0 Å². The van der Waals surface area contributed by atoms with Crippen LogP contribution in [0.25, 0.3) is 0 Å². The normalized spacial score (nSPS) is 19.8. The number of para-hydroxylation sites is 2. The van der Waals surface area contributed by atoms with Crippen molar-refractivity contribution in [2.45, 2.75) is 19.0 Å². The van der Waals surface area contributed by atoms with Gasteiger partial charge >= 0.3 is 6.09 Å². The standard InChI is InChI=1S/C11H15N3O2/c12-8-4-1-2-5-9(8)13-10-6-3-7-14(10)11(15)16/h1-2,4-5,10,13H,3,6-7,12H2,(H,15,16)/t10-/m0/s1. The van der Waals surface area contributed by atoms with Crippen LogP contribution < -0.4 is 11.1 Å². The molecule has 1 atom stereocenters. The maximum atomic E-state index is 10.9. The predicted molar refractivity (Wildman–Crippen MR) is 62.2 cm³/mol. The van der Waals surface area contributed by atoms with E-state index >= 15 is 0 Å². The van der Waals surface area contributed by atoms with Crippen molar-refractivity contribution in [3.05, 3.63) is 24.3 Å². The Labute approximate surface area is 93.9 Å². The van der Waals surface area contributed by atoms with Crippen LogP contribution in [0.15, 0.2) is 24.3 Å². The van der Waals surface area contributed by atoms with E-state index in [4.69, 9.17) is 10.8 Å². The quantitative estimate of drug-likeness (QED) is 0.665. The van der Waals surface area contributed by atoms with Gasteiger partial charge in [-0.15, -0.1) is 0 Å². The summed E-state index contributed by atoms with van der Waals surface area (Å²) in [6.07, 6.45) is 0.656. The van der Waals surface area contributed by atoms with Crippen molar-refractivity contribution >= 4 is 17.5 Å². The largest absolute Gasteiger partial charge is 0.465 e. The third-order valence-corrected chi connectivity index (χ3v) is 2.78. The van der Waals surface area contributed by atoms with Gasteiger partial charge in [0, 0.05) is 6.54 Å². The summed E-state index contributed by atoms with van der Waals surface area (Å²) in [5.74, 6) is 0. The van der Waals surface area contributed by atoms with Crippen molar-refractivity contribution in [3.8, 4) is 0 Å². The van der Waals surface area contributed by atoms with Gasteiger partial charge in [-0.25, -0.2) is 4.79 Å². The maximum Gasteiger partial charge on any atom is 0.408 e. The first-order chi connectivity index (χ1) is 7.68. The molecule has 1 heterocycles. The number of benzene rings is 1.